The second-order valence-corrected chi connectivity index (χ2v) is 16.3. The molecule has 0 radical (unpaired) electrons. The molecule has 1 fully saturated rings. The van der Waals surface area contributed by atoms with Crippen LogP contribution in [0.2, 0.25) is 0 Å². The lowest BCUT2D eigenvalue weighted by Gasteiger charge is -2.41. The van der Waals surface area contributed by atoms with Gasteiger partial charge < -0.3 is 39.9 Å². The minimum atomic E-state index is -5.11. The zero-order chi connectivity index (χ0) is 40.7. The topological polar surface area (TPSA) is 210 Å². The number of phosphoric acid groups is 1. The van der Waals surface area contributed by atoms with E-state index in [0.717, 1.165) is 70.6 Å². The number of aliphatic hydroxyl groups is 5. The van der Waals surface area contributed by atoms with Crippen molar-refractivity contribution in [3.05, 3.63) is 24.3 Å². The quantitative estimate of drug-likeness (QED) is 0.0164. The summed E-state index contributed by atoms with van der Waals surface area (Å²) in [7, 11) is -5.11. The molecule has 55 heavy (non-hydrogen) atoms. The number of rotatable bonds is 34. The maximum Gasteiger partial charge on any atom is 0.472 e. The molecule has 14 heteroatoms. The number of esters is 2. The van der Waals surface area contributed by atoms with Crippen LogP contribution in [0, 0.1) is 0 Å². The highest BCUT2D eigenvalue weighted by Crippen LogP contribution is 2.47. The number of hydrogen-bond acceptors (Lipinski definition) is 12. The molecular weight excluding hydrogens is 731 g/mol. The standard InChI is InChI=1S/C41H75O13P/c1-3-5-7-9-11-13-14-15-16-17-18-19-20-21-22-24-26-28-30-35(43)53-33(31-51-34(42)29-27-25-23-12-10-8-6-4-2)32-52-55(49,50)54-41-39(47)37(45)36(44)38(46)40(41)48/h13-14,16-17,33,36-41,44-48H,3-12,15,18-32H2,1-2H3,(H,49,50)/b14-13-,17-16-. The normalized spacial score (nSPS) is 23.3. The van der Waals surface area contributed by atoms with Crippen LogP contribution >= 0.6 is 7.82 Å². The molecule has 0 heterocycles. The molecule has 6 atom stereocenters. The summed E-state index contributed by atoms with van der Waals surface area (Å²) in [6.07, 6.45) is 19.7. The molecule has 0 bridgehead atoms. The van der Waals surface area contributed by atoms with Crippen molar-refractivity contribution in [2.75, 3.05) is 13.2 Å². The predicted octanol–water partition coefficient (Wildman–Crippen LogP) is 7.28. The summed E-state index contributed by atoms with van der Waals surface area (Å²) in [6, 6.07) is 0. The van der Waals surface area contributed by atoms with Crippen molar-refractivity contribution in [1.29, 1.82) is 0 Å². The maximum absolute atomic E-state index is 12.7. The highest BCUT2D eigenvalue weighted by Gasteiger charge is 2.51. The first kappa shape index (κ1) is 51.3. The number of phosphoric ester groups is 1. The van der Waals surface area contributed by atoms with E-state index in [-0.39, 0.29) is 12.8 Å². The average molecular weight is 807 g/mol. The van der Waals surface area contributed by atoms with Gasteiger partial charge in [-0.1, -0.05) is 134 Å². The van der Waals surface area contributed by atoms with E-state index < -0.39 is 75.7 Å². The van der Waals surface area contributed by atoms with Crippen LogP contribution < -0.4 is 0 Å². The minimum Gasteiger partial charge on any atom is -0.462 e. The molecule has 6 unspecified atom stereocenters. The highest BCUT2D eigenvalue weighted by atomic mass is 31.2. The maximum atomic E-state index is 12.7. The monoisotopic (exact) mass is 806 g/mol. The molecule has 0 saturated heterocycles. The summed E-state index contributed by atoms with van der Waals surface area (Å²) in [5, 5.41) is 50.0. The third-order valence-electron chi connectivity index (χ3n) is 9.80. The smallest absolute Gasteiger partial charge is 0.462 e. The first-order valence-electron chi connectivity index (χ1n) is 21.1. The Morgan fingerprint density at radius 1 is 0.564 bits per heavy atom. The molecule has 322 valence electrons. The molecule has 1 saturated carbocycles. The van der Waals surface area contributed by atoms with Gasteiger partial charge in [0, 0.05) is 12.8 Å². The summed E-state index contributed by atoms with van der Waals surface area (Å²) in [5.74, 6) is -1.11. The van der Waals surface area contributed by atoms with Crippen LogP contribution in [0.4, 0.5) is 0 Å². The third-order valence-corrected chi connectivity index (χ3v) is 10.8. The summed E-state index contributed by atoms with van der Waals surface area (Å²) >= 11 is 0. The van der Waals surface area contributed by atoms with Crippen molar-refractivity contribution in [1.82, 2.24) is 0 Å². The van der Waals surface area contributed by atoms with Crippen molar-refractivity contribution in [2.24, 2.45) is 0 Å². The van der Waals surface area contributed by atoms with Gasteiger partial charge in [0.15, 0.2) is 6.10 Å². The number of carbonyl (C=O) groups excluding carboxylic acids is 2. The number of unbranched alkanes of at least 4 members (excludes halogenated alkanes) is 18. The van der Waals surface area contributed by atoms with E-state index in [1.807, 2.05) is 0 Å². The summed E-state index contributed by atoms with van der Waals surface area (Å²) in [6.45, 7) is 3.22. The molecule has 0 aromatic rings. The van der Waals surface area contributed by atoms with Crippen molar-refractivity contribution in [3.63, 3.8) is 0 Å². The Hall–Kier alpha value is -1.67. The van der Waals surface area contributed by atoms with E-state index in [0.29, 0.717) is 12.8 Å². The van der Waals surface area contributed by atoms with Crippen molar-refractivity contribution in [3.8, 4) is 0 Å². The predicted molar refractivity (Wildman–Crippen MR) is 212 cm³/mol. The highest BCUT2D eigenvalue weighted by molar-refractivity contribution is 7.47. The van der Waals surface area contributed by atoms with Crippen LogP contribution in [0.25, 0.3) is 0 Å². The Balaban J connectivity index is 2.46. The van der Waals surface area contributed by atoms with Crippen LogP contribution in [-0.2, 0) is 32.7 Å². The van der Waals surface area contributed by atoms with Crippen LogP contribution in [-0.4, -0.2) is 98.3 Å². The summed E-state index contributed by atoms with van der Waals surface area (Å²) in [4.78, 5) is 35.4. The lowest BCUT2D eigenvalue weighted by atomic mass is 9.85. The van der Waals surface area contributed by atoms with Crippen LogP contribution in [0.15, 0.2) is 24.3 Å². The number of allylic oxidation sites excluding steroid dienone is 4. The SMILES string of the molecule is CCCCCC/C=C\C/C=C\CCCCCCCCCC(=O)OC(COC(=O)CCCCCCCCCC)COP(=O)(O)OC1C(O)C(O)C(O)C(O)C1O. The Bertz CT molecular complexity index is 1070. The Morgan fingerprint density at radius 3 is 1.49 bits per heavy atom. The fourth-order valence-electron chi connectivity index (χ4n) is 6.32. The summed E-state index contributed by atoms with van der Waals surface area (Å²) in [5.41, 5.74) is 0. The lowest BCUT2D eigenvalue weighted by Crippen LogP contribution is -2.64. The number of carbonyl (C=O) groups is 2. The molecule has 13 nitrogen and oxygen atoms in total. The molecule has 0 aromatic carbocycles. The van der Waals surface area contributed by atoms with Gasteiger partial charge in [0.05, 0.1) is 6.61 Å². The van der Waals surface area contributed by atoms with Crippen LogP contribution in [0.5, 0.6) is 0 Å². The van der Waals surface area contributed by atoms with Gasteiger partial charge in [0.2, 0.25) is 0 Å². The van der Waals surface area contributed by atoms with Crippen molar-refractivity contribution >= 4 is 19.8 Å². The third kappa shape index (κ3) is 25.3. The van der Waals surface area contributed by atoms with Crippen molar-refractivity contribution < 1.29 is 63.1 Å². The van der Waals surface area contributed by atoms with Gasteiger partial charge in [-0.3, -0.25) is 18.6 Å². The molecule has 1 aliphatic carbocycles. The summed E-state index contributed by atoms with van der Waals surface area (Å²) < 4.78 is 33.3. The average Bonchev–Trinajstić information content (AvgIpc) is 3.16. The van der Waals surface area contributed by atoms with Crippen molar-refractivity contribution in [2.45, 2.75) is 211 Å². The van der Waals surface area contributed by atoms with Crippen LogP contribution in [0.3, 0.4) is 0 Å². The van der Waals surface area contributed by atoms with E-state index in [1.165, 1.54) is 57.8 Å². The molecule has 1 rings (SSSR count). The molecule has 1 aliphatic rings. The van der Waals surface area contributed by atoms with E-state index >= 15 is 0 Å². The zero-order valence-corrected chi connectivity index (χ0v) is 34.6. The Morgan fingerprint density at radius 2 is 0.982 bits per heavy atom. The molecule has 0 aromatic heterocycles. The fourth-order valence-corrected chi connectivity index (χ4v) is 7.29. The zero-order valence-electron chi connectivity index (χ0n) is 33.7. The lowest BCUT2D eigenvalue weighted by molar-refractivity contribution is -0.220. The Kier molecular flexibility index (Phi) is 30.2. The van der Waals surface area contributed by atoms with Gasteiger partial charge in [-0.15, -0.1) is 0 Å². The first-order valence-corrected chi connectivity index (χ1v) is 22.6. The molecule has 0 aliphatic heterocycles. The molecular formula is C41H75O13P. The first-order chi connectivity index (χ1) is 26.4. The van der Waals surface area contributed by atoms with E-state index in [4.69, 9.17) is 18.5 Å². The van der Waals surface area contributed by atoms with E-state index in [2.05, 4.69) is 38.2 Å². The molecule has 0 spiro atoms. The molecule has 6 N–H and O–H groups in total. The van der Waals surface area contributed by atoms with E-state index in [9.17, 15) is 44.6 Å². The Labute approximate surface area is 330 Å². The van der Waals surface area contributed by atoms with Crippen LogP contribution in [0.1, 0.15) is 168 Å². The van der Waals surface area contributed by atoms with Gasteiger partial charge in [-0.2, -0.15) is 0 Å². The van der Waals surface area contributed by atoms with Gasteiger partial charge in [-0.05, 0) is 44.9 Å². The van der Waals surface area contributed by atoms with Gasteiger partial charge >= 0.3 is 19.8 Å². The second kappa shape index (κ2) is 32.3. The fraction of sp³-hybridized carbons (Fsp3) is 0.854. The number of hydrogen-bond donors (Lipinski definition) is 6. The molecule has 0 amide bonds. The van der Waals surface area contributed by atoms with Gasteiger partial charge in [0.1, 0.15) is 43.2 Å². The minimum absolute atomic E-state index is 0.0898. The van der Waals surface area contributed by atoms with Gasteiger partial charge in [-0.25, -0.2) is 4.57 Å². The van der Waals surface area contributed by atoms with E-state index in [1.54, 1.807) is 0 Å². The second-order valence-electron chi connectivity index (χ2n) is 14.8. The number of ether oxygens (including phenoxy) is 2. The number of aliphatic hydroxyl groups excluding tert-OH is 5. The van der Waals surface area contributed by atoms with Gasteiger partial charge in [0.25, 0.3) is 0 Å². The largest absolute Gasteiger partial charge is 0.472 e.